The first-order chi connectivity index (χ1) is 9.38. The van der Waals surface area contributed by atoms with Gasteiger partial charge in [0, 0.05) is 5.56 Å². The van der Waals surface area contributed by atoms with Crippen molar-refractivity contribution in [2.45, 2.75) is 25.2 Å². The van der Waals surface area contributed by atoms with Crippen molar-refractivity contribution in [1.82, 2.24) is 0 Å². The van der Waals surface area contributed by atoms with Gasteiger partial charge in [-0.2, -0.15) is 0 Å². The van der Waals surface area contributed by atoms with Crippen LogP contribution < -0.4 is 0 Å². The molecule has 19 heavy (non-hydrogen) atoms. The summed E-state index contributed by atoms with van der Waals surface area (Å²) in [6.07, 6.45) is 2.95. The van der Waals surface area contributed by atoms with Gasteiger partial charge in [0.2, 0.25) is 0 Å². The second kappa shape index (κ2) is 5.27. The summed E-state index contributed by atoms with van der Waals surface area (Å²) in [4.78, 5) is 0. The van der Waals surface area contributed by atoms with Crippen LogP contribution in [-0.4, -0.2) is 10.9 Å². The summed E-state index contributed by atoms with van der Waals surface area (Å²) in [5, 5.41) is 12.5. The van der Waals surface area contributed by atoms with Crippen LogP contribution in [0.2, 0.25) is 0 Å². The lowest BCUT2D eigenvalue weighted by molar-refractivity contribution is 0.317. The van der Waals surface area contributed by atoms with Crippen LogP contribution in [0.1, 0.15) is 35.4 Å². The Morgan fingerprint density at radius 3 is 2.53 bits per heavy atom. The first-order valence-electron chi connectivity index (χ1n) is 6.72. The maximum absolute atomic E-state index is 9.10. The van der Waals surface area contributed by atoms with Crippen molar-refractivity contribution in [3.8, 4) is 0 Å². The van der Waals surface area contributed by atoms with Crippen LogP contribution in [0.5, 0.6) is 0 Å². The van der Waals surface area contributed by atoms with Crippen molar-refractivity contribution < 1.29 is 5.21 Å². The predicted molar refractivity (Wildman–Crippen MR) is 76.9 cm³/mol. The third-order valence-corrected chi connectivity index (χ3v) is 3.89. The Hall–Kier alpha value is -2.09. The van der Waals surface area contributed by atoms with Crippen LogP contribution in [0.25, 0.3) is 0 Å². The van der Waals surface area contributed by atoms with Gasteiger partial charge in [-0.05, 0) is 36.3 Å². The second-order valence-corrected chi connectivity index (χ2v) is 5.06. The summed E-state index contributed by atoms with van der Waals surface area (Å²) in [7, 11) is 0. The summed E-state index contributed by atoms with van der Waals surface area (Å²) in [6, 6.07) is 18.9. The minimum Gasteiger partial charge on any atom is -0.411 e. The lowest BCUT2D eigenvalue weighted by atomic mass is 9.79. The zero-order valence-electron chi connectivity index (χ0n) is 10.8. The van der Waals surface area contributed by atoms with Crippen molar-refractivity contribution >= 4 is 5.71 Å². The predicted octanol–water partition coefficient (Wildman–Crippen LogP) is 3.99. The van der Waals surface area contributed by atoms with E-state index in [0.717, 1.165) is 30.5 Å². The standard InChI is InChI=1S/C17H17NO/c19-18-17-11-10-14(12-13-6-2-1-3-7-13)15-8-4-5-9-16(15)17/h1-9,14,19H,10-12H2/b18-17-. The summed E-state index contributed by atoms with van der Waals surface area (Å²) in [6.45, 7) is 0. The van der Waals surface area contributed by atoms with E-state index in [1.165, 1.54) is 11.1 Å². The lowest BCUT2D eigenvalue weighted by Crippen LogP contribution is -2.18. The van der Waals surface area contributed by atoms with E-state index in [1.54, 1.807) is 0 Å². The molecule has 0 aromatic heterocycles. The molecule has 0 saturated carbocycles. The number of oxime groups is 1. The van der Waals surface area contributed by atoms with E-state index in [4.69, 9.17) is 5.21 Å². The Kier molecular flexibility index (Phi) is 3.32. The molecule has 0 spiro atoms. The Morgan fingerprint density at radius 2 is 1.74 bits per heavy atom. The van der Waals surface area contributed by atoms with Gasteiger partial charge < -0.3 is 5.21 Å². The van der Waals surface area contributed by atoms with Gasteiger partial charge in [-0.3, -0.25) is 0 Å². The zero-order valence-corrected chi connectivity index (χ0v) is 10.8. The fourth-order valence-corrected chi connectivity index (χ4v) is 2.93. The van der Waals surface area contributed by atoms with Crippen molar-refractivity contribution in [1.29, 1.82) is 0 Å². The van der Waals surface area contributed by atoms with E-state index in [2.05, 4.69) is 53.7 Å². The Balaban J connectivity index is 1.93. The summed E-state index contributed by atoms with van der Waals surface area (Å²) < 4.78 is 0. The van der Waals surface area contributed by atoms with E-state index in [0.29, 0.717) is 5.92 Å². The Morgan fingerprint density at radius 1 is 1.00 bits per heavy atom. The molecule has 96 valence electrons. The van der Waals surface area contributed by atoms with Gasteiger partial charge in [-0.15, -0.1) is 0 Å². The molecule has 1 atom stereocenters. The van der Waals surface area contributed by atoms with Crippen LogP contribution in [0.15, 0.2) is 59.8 Å². The second-order valence-electron chi connectivity index (χ2n) is 5.06. The highest BCUT2D eigenvalue weighted by molar-refractivity contribution is 6.02. The number of nitrogens with zero attached hydrogens (tertiary/aromatic N) is 1. The highest BCUT2D eigenvalue weighted by atomic mass is 16.4. The van der Waals surface area contributed by atoms with Gasteiger partial charge in [-0.25, -0.2) is 0 Å². The van der Waals surface area contributed by atoms with Crippen molar-refractivity contribution in [3.05, 3.63) is 71.3 Å². The van der Waals surface area contributed by atoms with Crippen molar-refractivity contribution in [3.63, 3.8) is 0 Å². The van der Waals surface area contributed by atoms with Crippen LogP contribution in [0.4, 0.5) is 0 Å². The van der Waals surface area contributed by atoms with E-state index in [9.17, 15) is 0 Å². The maximum Gasteiger partial charge on any atom is 0.0870 e. The monoisotopic (exact) mass is 251 g/mol. The number of rotatable bonds is 2. The van der Waals surface area contributed by atoms with Crippen LogP contribution >= 0.6 is 0 Å². The minimum absolute atomic E-state index is 0.518. The fraction of sp³-hybridized carbons (Fsp3) is 0.235. The van der Waals surface area contributed by atoms with Gasteiger partial charge >= 0.3 is 0 Å². The molecule has 1 unspecified atom stereocenters. The molecular formula is C17H17NO. The third kappa shape index (κ3) is 2.39. The molecule has 2 aromatic rings. The van der Waals surface area contributed by atoms with Crippen molar-refractivity contribution in [2.24, 2.45) is 5.16 Å². The Bertz CT molecular complexity index is 589. The van der Waals surface area contributed by atoms with Gasteiger partial charge in [0.15, 0.2) is 0 Å². The van der Waals surface area contributed by atoms with Gasteiger partial charge in [0.05, 0.1) is 5.71 Å². The molecule has 0 fully saturated rings. The first kappa shape index (κ1) is 12.0. The van der Waals surface area contributed by atoms with Gasteiger partial charge in [-0.1, -0.05) is 59.8 Å². The smallest absolute Gasteiger partial charge is 0.0870 e. The SMILES string of the molecule is O/N=C1/CCC(Cc2ccccc2)c2ccccc21. The molecule has 3 rings (SSSR count). The van der Waals surface area contributed by atoms with Crippen molar-refractivity contribution in [2.75, 3.05) is 0 Å². The van der Waals surface area contributed by atoms with Gasteiger partial charge in [0.1, 0.15) is 0 Å². The minimum atomic E-state index is 0.518. The molecule has 0 saturated heterocycles. The molecule has 0 amide bonds. The molecule has 2 aromatic carbocycles. The summed E-state index contributed by atoms with van der Waals surface area (Å²) in [5.74, 6) is 0.518. The van der Waals surface area contributed by atoms with Crippen LogP contribution in [0, 0.1) is 0 Å². The molecule has 0 radical (unpaired) electrons. The largest absolute Gasteiger partial charge is 0.411 e. The normalized spacial score (nSPS) is 20.2. The molecule has 2 heteroatoms. The number of hydrogen-bond acceptors (Lipinski definition) is 2. The quantitative estimate of drug-likeness (QED) is 0.635. The number of hydrogen-bond donors (Lipinski definition) is 1. The van der Waals surface area contributed by atoms with E-state index < -0.39 is 0 Å². The molecule has 0 bridgehead atoms. The molecule has 0 heterocycles. The van der Waals surface area contributed by atoms with Crippen LogP contribution in [-0.2, 0) is 6.42 Å². The lowest BCUT2D eigenvalue weighted by Gasteiger charge is -2.26. The average Bonchev–Trinajstić information content (AvgIpc) is 2.49. The summed E-state index contributed by atoms with van der Waals surface area (Å²) >= 11 is 0. The molecule has 1 aliphatic rings. The van der Waals surface area contributed by atoms with E-state index in [1.807, 2.05) is 6.07 Å². The van der Waals surface area contributed by atoms with Crippen LogP contribution in [0.3, 0.4) is 0 Å². The fourth-order valence-electron chi connectivity index (χ4n) is 2.93. The Labute approximate surface area is 113 Å². The first-order valence-corrected chi connectivity index (χ1v) is 6.72. The number of fused-ring (bicyclic) bond motifs is 1. The third-order valence-electron chi connectivity index (χ3n) is 3.89. The molecule has 1 N–H and O–H groups in total. The maximum atomic E-state index is 9.10. The number of benzene rings is 2. The van der Waals surface area contributed by atoms with E-state index >= 15 is 0 Å². The highest BCUT2D eigenvalue weighted by Crippen LogP contribution is 2.34. The zero-order chi connectivity index (χ0) is 13.1. The van der Waals surface area contributed by atoms with E-state index in [-0.39, 0.29) is 0 Å². The summed E-state index contributed by atoms with van der Waals surface area (Å²) in [5.41, 5.74) is 4.61. The topological polar surface area (TPSA) is 32.6 Å². The molecule has 0 aliphatic heterocycles. The van der Waals surface area contributed by atoms with Gasteiger partial charge in [0.25, 0.3) is 0 Å². The molecule has 2 nitrogen and oxygen atoms in total. The molecular weight excluding hydrogens is 234 g/mol. The average molecular weight is 251 g/mol. The highest BCUT2D eigenvalue weighted by Gasteiger charge is 2.24. The molecule has 1 aliphatic carbocycles.